The van der Waals surface area contributed by atoms with Gasteiger partial charge in [0.05, 0.1) is 18.1 Å². The van der Waals surface area contributed by atoms with Crippen molar-refractivity contribution in [3.8, 4) is 11.8 Å². The fourth-order valence-electron chi connectivity index (χ4n) is 3.00. The zero-order valence-electron chi connectivity index (χ0n) is 13.5. The van der Waals surface area contributed by atoms with E-state index in [1.807, 2.05) is 19.1 Å². The predicted octanol–water partition coefficient (Wildman–Crippen LogP) is 2.48. The second-order valence-electron chi connectivity index (χ2n) is 5.68. The average Bonchev–Trinajstić information content (AvgIpc) is 2.54. The van der Waals surface area contributed by atoms with E-state index in [2.05, 4.69) is 6.07 Å². The lowest BCUT2D eigenvalue weighted by Gasteiger charge is -2.32. The van der Waals surface area contributed by atoms with Gasteiger partial charge in [0, 0.05) is 6.42 Å². The Morgan fingerprint density at radius 1 is 1.38 bits per heavy atom. The minimum atomic E-state index is -0.588. The van der Waals surface area contributed by atoms with Crippen LogP contribution in [0.3, 0.4) is 0 Å². The van der Waals surface area contributed by atoms with E-state index in [4.69, 9.17) is 19.9 Å². The molecule has 0 fully saturated rings. The van der Waals surface area contributed by atoms with Crippen molar-refractivity contribution < 1.29 is 19.0 Å². The summed E-state index contributed by atoms with van der Waals surface area (Å²) in [5.41, 5.74) is 7.24. The van der Waals surface area contributed by atoms with Gasteiger partial charge in [0.15, 0.2) is 0 Å². The molecule has 3 rings (SSSR count). The fourth-order valence-corrected chi connectivity index (χ4v) is 3.00. The maximum Gasteiger partial charge on any atom is 0.338 e. The third-order valence-corrected chi connectivity index (χ3v) is 4.02. The summed E-state index contributed by atoms with van der Waals surface area (Å²) < 4.78 is 16.3. The molecule has 6 nitrogen and oxygen atoms in total. The highest BCUT2D eigenvalue weighted by Crippen LogP contribution is 2.43. The summed E-state index contributed by atoms with van der Waals surface area (Å²) in [7, 11) is 0. The van der Waals surface area contributed by atoms with Crippen LogP contribution < -0.4 is 10.5 Å². The molecule has 0 bridgehead atoms. The summed E-state index contributed by atoms with van der Waals surface area (Å²) >= 11 is 0. The summed E-state index contributed by atoms with van der Waals surface area (Å²) in [6.45, 7) is 4.25. The molecule has 2 heterocycles. The van der Waals surface area contributed by atoms with E-state index >= 15 is 0 Å². The molecule has 0 saturated carbocycles. The number of carbonyl (C=O) groups excluding carboxylic acids is 1. The Balaban J connectivity index is 2.08. The van der Waals surface area contributed by atoms with E-state index in [1.165, 1.54) is 0 Å². The lowest BCUT2D eigenvalue weighted by molar-refractivity contribution is -0.146. The first-order valence-corrected chi connectivity index (χ1v) is 7.79. The number of carbonyl (C=O) groups is 1. The smallest absolute Gasteiger partial charge is 0.338 e. The lowest BCUT2D eigenvalue weighted by atomic mass is 9.81. The molecule has 0 aliphatic carbocycles. The number of nitriles is 1. The molecule has 0 unspecified atom stereocenters. The van der Waals surface area contributed by atoms with Crippen LogP contribution >= 0.6 is 0 Å². The van der Waals surface area contributed by atoms with Crippen molar-refractivity contribution >= 4 is 5.97 Å². The van der Waals surface area contributed by atoms with E-state index < -0.39 is 11.9 Å². The number of allylic oxidation sites excluding steroid dienone is 1. The van der Waals surface area contributed by atoms with Gasteiger partial charge in [0.1, 0.15) is 29.3 Å². The molecule has 0 amide bonds. The molecular weight excluding hydrogens is 308 g/mol. The second kappa shape index (κ2) is 6.28. The molecule has 0 radical (unpaired) electrons. The van der Waals surface area contributed by atoms with Crippen LogP contribution in [0, 0.1) is 11.3 Å². The minimum Gasteiger partial charge on any atom is -0.494 e. The van der Waals surface area contributed by atoms with Gasteiger partial charge in [-0.1, -0.05) is 12.1 Å². The van der Waals surface area contributed by atoms with Crippen LogP contribution in [-0.4, -0.2) is 18.7 Å². The molecule has 24 heavy (non-hydrogen) atoms. The molecule has 0 spiro atoms. The van der Waals surface area contributed by atoms with E-state index in [-0.39, 0.29) is 17.6 Å². The van der Waals surface area contributed by atoms with Crippen molar-refractivity contribution in [1.82, 2.24) is 0 Å². The first-order valence-electron chi connectivity index (χ1n) is 7.79. The zero-order valence-corrected chi connectivity index (χ0v) is 13.5. The highest BCUT2D eigenvalue weighted by atomic mass is 16.6. The van der Waals surface area contributed by atoms with E-state index in [1.54, 1.807) is 19.1 Å². The molecular formula is C18H18N2O4. The first kappa shape index (κ1) is 15.9. The fraction of sp³-hybridized carbons (Fsp3) is 0.333. The summed E-state index contributed by atoms with van der Waals surface area (Å²) in [6, 6.07) is 9.31. The Kier molecular flexibility index (Phi) is 4.17. The Morgan fingerprint density at radius 2 is 2.08 bits per heavy atom. The summed E-state index contributed by atoms with van der Waals surface area (Å²) in [5.74, 6) is 0.182. The van der Waals surface area contributed by atoms with Crippen LogP contribution in [0.25, 0.3) is 0 Å². The van der Waals surface area contributed by atoms with Crippen LogP contribution in [-0.2, 0) is 14.3 Å². The van der Waals surface area contributed by atoms with Crippen LogP contribution in [0.4, 0.5) is 0 Å². The van der Waals surface area contributed by atoms with Gasteiger partial charge in [0.25, 0.3) is 0 Å². The SMILES string of the molecule is CCOc1ccc([C@H]2C(C#N)=C(N)OC3=C2C(=O)O[C@@H](C)C3)cc1. The van der Waals surface area contributed by atoms with Crippen molar-refractivity contribution in [1.29, 1.82) is 5.26 Å². The number of hydrogen-bond donors (Lipinski definition) is 1. The Hall–Kier alpha value is -2.94. The molecule has 2 N–H and O–H groups in total. The molecule has 1 aromatic carbocycles. The molecule has 0 aromatic heterocycles. The average molecular weight is 326 g/mol. The maximum atomic E-state index is 12.4. The number of ether oxygens (including phenoxy) is 3. The maximum absolute atomic E-state index is 12.4. The minimum absolute atomic E-state index is 0.0389. The van der Waals surface area contributed by atoms with Crippen molar-refractivity contribution in [2.24, 2.45) is 5.73 Å². The van der Waals surface area contributed by atoms with E-state index in [0.717, 1.165) is 11.3 Å². The number of nitrogens with two attached hydrogens (primary N) is 1. The van der Waals surface area contributed by atoms with Crippen molar-refractivity contribution in [3.63, 3.8) is 0 Å². The van der Waals surface area contributed by atoms with Gasteiger partial charge < -0.3 is 19.9 Å². The lowest BCUT2D eigenvalue weighted by Crippen LogP contribution is -2.33. The highest BCUT2D eigenvalue weighted by molar-refractivity contribution is 5.93. The predicted molar refractivity (Wildman–Crippen MR) is 85.5 cm³/mol. The van der Waals surface area contributed by atoms with E-state index in [0.29, 0.717) is 24.4 Å². The van der Waals surface area contributed by atoms with Crippen LogP contribution in [0.5, 0.6) is 5.75 Å². The number of benzene rings is 1. The molecule has 0 saturated heterocycles. The first-order chi connectivity index (χ1) is 11.5. The number of rotatable bonds is 3. The van der Waals surface area contributed by atoms with Gasteiger partial charge in [-0.05, 0) is 31.5 Å². The normalized spacial score (nSPS) is 23.1. The molecule has 1 aromatic rings. The molecule has 124 valence electrons. The topological polar surface area (TPSA) is 94.6 Å². The quantitative estimate of drug-likeness (QED) is 0.858. The van der Waals surface area contributed by atoms with Crippen molar-refractivity contribution in [3.05, 3.63) is 52.6 Å². The standard InChI is InChI=1S/C18H18N2O4/c1-3-22-12-6-4-11(5-7-12)15-13(9-19)17(20)24-14-8-10(2)23-18(21)16(14)15/h4-7,10,15H,3,8,20H2,1-2H3/t10-,15-/m0/s1. The zero-order chi connectivity index (χ0) is 17.3. The number of cyclic esters (lactones) is 1. The number of nitrogens with zero attached hydrogens (tertiary/aromatic N) is 1. The largest absolute Gasteiger partial charge is 0.494 e. The van der Waals surface area contributed by atoms with Gasteiger partial charge in [-0.3, -0.25) is 0 Å². The number of esters is 1. The molecule has 2 aliphatic heterocycles. The monoisotopic (exact) mass is 326 g/mol. The summed E-state index contributed by atoms with van der Waals surface area (Å²) in [5, 5.41) is 9.49. The third kappa shape index (κ3) is 2.69. The number of hydrogen-bond acceptors (Lipinski definition) is 6. The highest BCUT2D eigenvalue weighted by Gasteiger charge is 2.41. The molecule has 6 heteroatoms. The molecule has 2 aliphatic rings. The summed E-state index contributed by atoms with van der Waals surface area (Å²) in [6.07, 6.45) is 0.155. The summed E-state index contributed by atoms with van der Waals surface area (Å²) in [4.78, 5) is 12.4. The van der Waals surface area contributed by atoms with Crippen LogP contribution in [0.15, 0.2) is 47.1 Å². The van der Waals surface area contributed by atoms with Crippen LogP contribution in [0.2, 0.25) is 0 Å². The van der Waals surface area contributed by atoms with Crippen molar-refractivity contribution in [2.45, 2.75) is 32.3 Å². The van der Waals surface area contributed by atoms with E-state index in [9.17, 15) is 10.1 Å². The van der Waals surface area contributed by atoms with Gasteiger partial charge >= 0.3 is 5.97 Å². The van der Waals surface area contributed by atoms with Crippen LogP contribution in [0.1, 0.15) is 31.7 Å². The van der Waals surface area contributed by atoms with Gasteiger partial charge in [0.2, 0.25) is 5.88 Å². The van der Waals surface area contributed by atoms with Gasteiger partial charge in [-0.15, -0.1) is 0 Å². The second-order valence-corrected chi connectivity index (χ2v) is 5.68. The van der Waals surface area contributed by atoms with Crippen molar-refractivity contribution in [2.75, 3.05) is 6.61 Å². The Bertz CT molecular complexity index is 771. The van der Waals surface area contributed by atoms with Gasteiger partial charge in [-0.2, -0.15) is 5.26 Å². The Morgan fingerprint density at radius 3 is 2.71 bits per heavy atom. The van der Waals surface area contributed by atoms with Gasteiger partial charge in [-0.25, -0.2) is 4.79 Å². The third-order valence-electron chi connectivity index (χ3n) is 4.02. The Labute approximate surface area is 140 Å². The molecule has 2 atom stereocenters.